The number of fused-ring (bicyclic) bond motifs is 1. The van der Waals surface area contributed by atoms with Crippen molar-refractivity contribution in [1.29, 1.82) is 0 Å². The van der Waals surface area contributed by atoms with Crippen LogP contribution in [0.2, 0.25) is 0 Å². The molecule has 3 aromatic rings. The zero-order valence-electron chi connectivity index (χ0n) is 13.0. The average molecular weight is 335 g/mol. The van der Waals surface area contributed by atoms with E-state index in [4.69, 9.17) is 0 Å². The van der Waals surface area contributed by atoms with Crippen molar-refractivity contribution in [2.75, 3.05) is 0 Å². The first-order valence-corrected chi connectivity index (χ1v) is 7.93. The number of hydrogen-bond donors (Lipinski definition) is 1. The number of nitrogens with zero attached hydrogens (tertiary/aromatic N) is 3. The fourth-order valence-corrected chi connectivity index (χ4v) is 3.37. The van der Waals surface area contributed by atoms with Crippen LogP contribution in [0.15, 0.2) is 39.0 Å². The van der Waals surface area contributed by atoms with Crippen LogP contribution in [0, 0.1) is 5.82 Å². The smallest absolute Gasteiger partial charge is 0.264 e. The second kappa shape index (κ2) is 5.69. The maximum absolute atomic E-state index is 12.9. The Balaban J connectivity index is 2.02. The van der Waals surface area contributed by atoms with Crippen LogP contribution < -0.4 is 15.8 Å². The number of aryl methyl sites for hydroxylation is 2. The first-order chi connectivity index (χ1) is 10.9. The van der Waals surface area contributed by atoms with E-state index in [1.165, 1.54) is 35.5 Å². The summed E-state index contributed by atoms with van der Waals surface area (Å²) in [5, 5.41) is 0.752. The zero-order valence-corrected chi connectivity index (χ0v) is 13.8. The second-order valence-corrected chi connectivity index (χ2v) is 6.27. The van der Waals surface area contributed by atoms with E-state index < -0.39 is 0 Å². The van der Waals surface area contributed by atoms with E-state index in [2.05, 4.69) is 4.98 Å². The highest BCUT2D eigenvalue weighted by Crippen LogP contribution is 2.20. The van der Waals surface area contributed by atoms with Gasteiger partial charge in [0, 0.05) is 19.8 Å². The lowest BCUT2D eigenvalue weighted by molar-refractivity contribution is -0.684. The molecule has 0 saturated heterocycles. The molecule has 0 fully saturated rings. The van der Waals surface area contributed by atoms with E-state index >= 15 is 0 Å². The van der Waals surface area contributed by atoms with E-state index in [-0.39, 0.29) is 17.1 Å². The van der Waals surface area contributed by atoms with Gasteiger partial charge < -0.3 is 0 Å². The molecule has 0 aliphatic heterocycles. The number of hydrogen-bond acceptors (Lipinski definition) is 3. The highest BCUT2D eigenvalue weighted by Gasteiger charge is 2.23. The SMILES string of the molecule is Cn1c(=O)c2c([nH]c(SCc3ccc(F)cc3)[n+]2C)n(C)c1=O. The minimum absolute atomic E-state index is 0.270. The predicted octanol–water partition coefficient (Wildman–Crippen LogP) is 0.821. The quantitative estimate of drug-likeness (QED) is 0.569. The summed E-state index contributed by atoms with van der Waals surface area (Å²) in [5.41, 5.74) is 1.19. The third-order valence-electron chi connectivity index (χ3n) is 3.79. The fourth-order valence-electron chi connectivity index (χ4n) is 2.42. The summed E-state index contributed by atoms with van der Waals surface area (Å²) in [7, 11) is 4.86. The van der Waals surface area contributed by atoms with Crippen LogP contribution in [0.1, 0.15) is 5.56 Å². The van der Waals surface area contributed by atoms with Crippen LogP contribution in [-0.4, -0.2) is 14.1 Å². The van der Waals surface area contributed by atoms with Crippen molar-refractivity contribution in [2.24, 2.45) is 21.1 Å². The van der Waals surface area contributed by atoms with Crippen LogP contribution in [0.3, 0.4) is 0 Å². The summed E-state index contributed by atoms with van der Waals surface area (Å²) >= 11 is 1.48. The summed E-state index contributed by atoms with van der Waals surface area (Å²) in [4.78, 5) is 27.4. The molecule has 0 radical (unpaired) electrons. The molecule has 1 N–H and O–H groups in total. The Morgan fingerprint density at radius 2 is 1.83 bits per heavy atom. The van der Waals surface area contributed by atoms with Gasteiger partial charge in [0.05, 0.1) is 7.05 Å². The summed E-state index contributed by atoms with van der Waals surface area (Å²) in [6, 6.07) is 6.28. The molecule has 0 saturated carbocycles. The van der Waals surface area contributed by atoms with E-state index in [9.17, 15) is 14.0 Å². The zero-order chi connectivity index (χ0) is 16.7. The van der Waals surface area contributed by atoms with E-state index in [0.29, 0.717) is 16.9 Å². The maximum Gasteiger partial charge on any atom is 0.333 e. The van der Waals surface area contributed by atoms with Crippen molar-refractivity contribution in [3.8, 4) is 0 Å². The molecule has 23 heavy (non-hydrogen) atoms. The monoisotopic (exact) mass is 335 g/mol. The van der Waals surface area contributed by atoms with Gasteiger partial charge >= 0.3 is 16.4 Å². The van der Waals surface area contributed by atoms with Crippen molar-refractivity contribution in [3.05, 3.63) is 56.5 Å². The molecule has 3 rings (SSSR count). The van der Waals surface area contributed by atoms with Crippen molar-refractivity contribution in [1.82, 2.24) is 14.1 Å². The molecule has 0 atom stereocenters. The molecular formula is C15H16FN4O2S+. The second-order valence-electron chi connectivity index (χ2n) is 5.31. The van der Waals surface area contributed by atoms with Crippen LogP contribution in [0.5, 0.6) is 0 Å². The first-order valence-electron chi connectivity index (χ1n) is 6.95. The number of benzene rings is 1. The molecule has 8 heteroatoms. The van der Waals surface area contributed by atoms with Crippen LogP contribution >= 0.6 is 11.8 Å². The molecule has 2 heterocycles. The third kappa shape index (κ3) is 2.59. The van der Waals surface area contributed by atoms with Gasteiger partial charge in [-0.15, -0.1) is 0 Å². The molecule has 0 bridgehead atoms. The molecule has 2 aromatic heterocycles. The van der Waals surface area contributed by atoms with Crippen molar-refractivity contribution in [3.63, 3.8) is 0 Å². The first kappa shape index (κ1) is 15.5. The number of aromatic amines is 1. The number of imidazole rings is 1. The lowest BCUT2D eigenvalue weighted by Gasteiger charge is -1.99. The minimum atomic E-state index is -0.376. The maximum atomic E-state index is 12.9. The molecule has 0 spiro atoms. The Kier molecular flexibility index (Phi) is 3.85. The van der Waals surface area contributed by atoms with Crippen molar-refractivity contribution >= 4 is 22.9 Å². The largest absolute Gasteiger partial charge is 0.333 e. The molecule has 120 valence electrons. The van der Waals surface area contributed by atoms with Gasteiger partial charge in [-0.3, -0.25) is 13.9 Å². The number of thioether (sulfide) groups is 1. The van der Waals surface area contributed by atoms with Gasteiger partial charge in [-0.1, -0.05) is 12.1 Å². The molecule has 0 aliphatic carbocycles. The van der Waals surface area contributed by atoms with Crippen LogP contribution in [-0.2, 0) is 26.9 Å². The highest BCUT2D eigenvalue weighted by molar-refractivity contribution is 7.98. The summed E-state index contributed by atoms with van der Waals surface area (Å²) in [5.74, 6) is 0.350. The Morgan fingerprint density at radius 1 is 1.17 bits per heavy atom. The lowest BCUT2D eigenvalue weighted by Crippen LogP contribution is -2.42. The van der Waals surface area contributed by atoms with Crippen LogP contribution in [0.25, 0.3) is 11.2 Å². The molecule has 0 unspecified atom stereocenters. The molecular weight excluding hydrogens is 319 g/mol. The number of rotatable bonds is 3. The Hall–Kier alpha value is -2.35. The van der Waals surface area contributed by atoms with Crippen molar-refractivity contribution in [2.45, 2.75) is 10.9 Å². The summed E-state index contributed by atoms with van der Waals surface area (Å²) < 4.78 is 17.2. The average Bonchev–Trinajstić information content (AvgIpc) is 2.87. The lowest BCUT2D eigenvalue weighted by atomic mass is 10.2. The van der Waals surface area contributed by atoms with Gasteiger partial charge in [0.1, 0.15) is 5.82 Å². The molecule has 0 aliphatic rings. The Labute approximate surface area is 135 Å². The van der Waals surface area contributed by atoms with Gasteiger partial charge in [-0.2, -0.15) is 0 Å². The Morgan fingerprint density at radius 3 is 2.48 bits per heavy atom. The van der Waals surface area contributed by atoms with E-state index in [1.807, 2.05) is 0 Å². The van der Waals surface area contributed by atoms with Gasteiger partial charge in [-0.25, -0.2) is 18.7 Å². The van der Waals surface area contributed by atoms with Gasteiger partial charge in [0.25, 0.3) is 11.2 Å². The van der Waals surface area contributed by atoms with E-state index in [1.54, 1.807) is 30.8 Å². The van der Waals surface area contributed by atoms with Gasteiger partial charge in [-0.05, 0) is 29.5 Å². The molecule has 0 amide bonds. The summed E-state index contributed by atoms with van der Waals surface area (Å²) in [6.45, 7) is 0. The van der Waals surface area contributed by atoms with E-state index in [0.717, 1.165) is 15.3 Å². The fraction of sp³-hybridized carbons (Fsp3) is 0.267. The number of nitrogens with one attached hydrogen (secondary N) is 1. The summed E-state index contributed by atoms with van der Waals surface area (Å²) in [6.07, 6.45) is 0. The third-order valence-corrected chi connectivity index (χ3v) is 4.92. The predicted molar refractivity (Wildman–Crippen MR) is 85.9 cm³/mol. The van der Waals surface area contributed by atoms with Crippen LogP contribution in [0.4, 0.5) is 4.39 Å². The van der Waals surface area contributed by atoms with Crippen molar-refractivity contribution < 1.29 is 8.96 Å². The number of halogens is 1. The van der Waals surface area contributed by atoms with Gasteiger partial charge in [0.2, 0.25) is 0 Å². The molecule has 6 nitrogen and oxygen atoms in total. The topological polar surface area (TPSA) is 63.7 Å². The highest BCUT2D eigenvalue weighted by atomic mass is 32.2. The van der Waals surface area contributed by atoms with Gasteiger partial charge in [0.15, 0.2) is 0 Å². The number of aromatic nitrogens is 4. The Bertz CT molecular complexity index is 1000. The minimum Gasteiger partial charge on any atom is -0.264 e. The standard InChI is InChI=1S/C15H15FN4O2S/c1-18-11-12(19(2)15(22)20(3)13(11)21)17-14(18)23-8-9-4-6-10(16)7-5-9/h4-7H,8H2,1-3H3/p+1. The number of H-pyrrole nitrogens is 1. The molecule has 1 aromatic carbocycles. The normalized spacial score (nSPS) is 11.3.